The van der Waals surface area contributed by atoms with Gasteiger partial charge in [-0.1, -0.05) is 29.4 Å². The van der Waals surface area contributed by atoms with E-state index in [-0.39, 0.29) is 0 Å². The molecule has 1 heterocycles. The monoisotopic (exact) mass is 304 g/mol. The number of aromatic nitrogens is 1. The van der Waals surface area contributed by atoms with Gasteiger partial charge in [-0.05, 0) is 37.0 Å². The third-order valence-corrected chi connectivity index (χ3v) is 6.50. The van der Waals surface area contributed by atoms with Crippen LogP contribution in [0.1, 0.15) is 30.6 Å². The second-order valence-corrected chi connectivity index (χ2v) is 7.35. The van der Waals surface area contributed by atoms with Crippen molar-refractivity contribution in [2.75, 3.05) is 18.5 Å². The van der Waals surface area contributed by atoms with Crippen LogP contribution in [-0.2, 0) is 5.88 Å². The summed E-state index contributed by atoms with van der Waals surface area (Å²) < 4.78 is 0. The Morgan fingerprint density at radius 2 is 2.22 bits per heavy atom. The number of hydrogen-bond acceptors (Lipinski definition) is 3. The molecule has 2 fully saturated rings. The summed E-state index contributed by atoms with van der Waals surface area (Å²) >= 11 is 13.5. The zero-order valence-corrected chi connectivity index (χ0v) is 12.9. The third-order valence-electron chi connectivity index (χ3n) is 4.48. The number of halogens is 2. The number of hydrogen-bond donors (Lipinski definition) is 0. The first-order valence-electron chi connectivity index (χ1n) is 6.59. The fourth-order valence-corrected chi connectivity index (χ4v) is 5.04. The zero-order valence-electron chi connectivity index (χ0n) is 10.5. The molecule has 5 heteroatoms. The Labute approximate surface area is 122 Å². The molecule has 1 aromatic rings. The van der Waals surface area contributed by atoms with Crippen molar-refractivity contribution >= 4 is 39.7 Å². The van der Waals surface area contributed by atoms with Gasteiger partial charge in [0.05, 0.1) is 10.8 Å². The molecule has 2 aliphatic carbocycles. The smallest absolute Gasteiger partial charge is 0.186 e. The average Bonchev–Trinajstić information content (AvgIpc) is 3.03. The van der Waals surface area contributed by atoms with Crippen molar-refractivity contribution in [3.63, 3.8) is 0 Å². The molecule has 2 bridgehead atoms. The highest BCUT2D eigenvalue weighted by Crippen LogP contribution is 2.48. The number of rotatable bonds is 4. The van der Waals surface area contributed by atoms with Gasteiger partial charge in [0.25, 0.3) is 0 Å². The molecule has 18 heavy (non-hydrogen) atoms. The van der Waals surface area contributed by atoms with Gasteiger partial charge in [0.2, 0.25) is 0 Å². The van der Waals surface area contributed by atoms with Crippen LogP contribution in [0.2, 0.25) is 5.15 Å². The molecule has 1 aromatic heterocycles. The lowest BCUT2D eigenvalue weighted by Gasteiger charge is -2.26. The molecular weight excluding hydrogens is 287 g/mol. The molecule has 0 aliphatic heterocycles. The lowest BCUT2D eigenvalue weighted by Crippen LogP contribution is -2.28. The van der Waals surface area contributed by atoms with E-state index in [4.69, 9.17) is 23.2 Å². The van der Waals surface area contributed by atoms with Crippen LogP contribution in [0.15, 0.2) is 0 Å². The van der Waals surface area contributed by atoms with Crippen LogP contribution >= 0.6 is 34.5 Å². The topological polar surface area (TPSA) is 16.1 Å². The van der Waals surface area contributed by atoms with Crippen molar-refractivity contribution in [3.05, 3.63) is 10.0 Å². The third kappa shape index (κ3) is 2.37. The normalized spacial score (nSPS) is 30.1. The molecule has 0 radical (unpaired) electrons. The molecular formula is C13H18Cl2N2S. The molecule has 3 atom stereocenters. The second kappa shape index (κ2) is 5.18. The van der Waals surface area contributed by atoms with Crippen LogP contribution in [0.3, 0.4) is 0 Å². The van der Waals surface area contributed by atoms with Gasteiger partial charge in [0.15, 0.2) is 5.13 Å². The molecule has 100 valence electrons. The Morgan fingerprint density at radius 3 is 2.78 bits per heavy atom. The average molecular weight is 305 g/mol. The van der Waals surface area contributed by atoms with Crippen molar-refractivity contribution in [3.8, 4) is 0 Å². The number of nitrogens with zero attached hydrogens (tertiary/aromatic N) is 2. The molecule has 0 N–H and O–H groups in total. The second-order valence-electron chi connectivity index (χ2n) is 5.66. The summed E-state index contributed by atoms with van der Waals surface area (Å²) in [4.78, 5) is 7.65. The molecule has 3 rings (SSSR count). The van der Waals surface area contributed by atoms with Gasteiger partial charge < -0.3 is 4.90 Å². The van der Waals surface area contributed by atoms with E-state index in [0.717, 1.165) is 34.3 Å². The number of alkyl halides is 1. The molecule has 0 aromatic carbocycles. The first kappa shape index (κ1) is 13.0. The van der Waals surface area contributed by atoms with E-state index in [1.54, 1.807) is 11.3 Å². The number of anilines is 1. The van der Waals surface area contributed by atoms with Gasteiger partial charge in [0, 0.05) is 13.6 Å². The summed E-state index contributed by atoms with van der Waals surface area (Å²) in [6, 6.07) is 0. The predicted molar refractivity (Wildman–Crippen MR) is 78.9 cm³/mol. The van der Waals surface area contributed by atoms with Gasteiger partial charge in [-0.2, -0.15) is 0 Å². The van der Waals surface area contributed by atoms with Crippen molar-refractivity contribution < 1.29 is 0 Å². The first-order valence-corrected chi connectivity index (χ1v) is 8.32. The van der Waals surface area contributed by atoms with Crippen molar-refractivity contribution in [2.24, 2.45) is 17.8 Å². The van der Waals surface area contributed by atoms with E-state index < -0.39 is 0 Å². The van der Waals surface area contributed by atoms with Gasteiger partial charge >= 0.3 is 0 Å². The SMILES string of the molecule is CN(CC1CC2CCC1C2)c1nc(Cl)c(CCl)s1. The van der Waals surface area contributed by atoms with Crippen LogP contribution in [0.25, 0.3) is 0 Å². The van der Waals surface area contributed by atoms with E-state index >= 15 is 0 Å². The Hall–Kier alpha value is 0.01000. The van der Waals surface area contributed by atoms with Crippen molar-refractivity contribution in [1.29, 1.82) is 0 Å². The van der Waals surface area contributed by atoms with Gasteiger partial charge in [-0.15, -0.1) is 11.6 Å². The predicted octanol–water partition coefficient (Wildman–Crippen LogP) is 4.41. The Morgan fingerprint density at radius 1 is 1.39 bits per heavy atom. The van der Waals surface area contributed by atoms with Gasteiger partial charge in [-0.25, -0.2) is 4.98 Å². The Balaban J connectivity index is 1.65. The fraction of sp³-hybridized carbons (Fsp3) is 0.769. The summed E-state index contributed by atoms with van der Waals surface area (Å²) in [5.41, 5.74) is 0. The molecule has 3 unspecified atom stereocenters. The van der Waals surface area contributed by atoms with E-state index in [2.05, 4.69) is 16.9 Å². The fourth-order valence-electron chi connectivity index (χ4n) is 3.60. The Bertz CT molecular complexity index is 435. The lowest BCUT2D eigenvalue weighted by atomic mass is 9.88. The number of thiazole rings is 1. The van der Waals surface area contributed by atoms with Gasteiger partial charge in [-0.3, -0.25) is 0 Å². The molecule has 0 spiro atoms. The van der Waals surface area contributed by atoms with Crippen LogP contribution in [0.4, 0.5) is 5.13 Å². The van der Waals surface area contributed by atoms with E-state index in [1.165, 1.54) is 25.7 Å². The number of fused-ring (bicyclic) bond motifs is 2. The van der Waals surface area contributed by atoms with E-state index in [0.29, 0.717) is 11.0 Å². The highest BCUT2D eigenvalue weighted by molar-refractivity contribution is 7.16. The highest BCUT2D eigenvalue weighted by atomic mass is 35.5. The molecule has 0 saturated heterocycles. The molecule has 2 saturated carbocycles. The van der Waals surface area contributed by atoms with Gasteiger partial charge in [0.1, 0.15) is 5.15 Å². The van der Waals surface area contributed by atoms with E-state index in [1.807, 2.05) is 0 Å². The largest absolute Gasteiger partial charge is 0.351 e. The minimum absolute atomic E-state index is 0.457. The first-order chi connectivity index (χ1) is 8.67. The summed E-state index contributed by atoms with van der Waals surface area (Å²) in [6.45, 7) is 1.12. The van der Waals surface area contributed by atoms with E-state index in [9.17, 15) is 0 Å². The summed E-state index contributed by atoms with van der Waals surface area (Å²) in [6.07, 6.45) is 5.78. The maximum absolute atomic E-state index is 6.06. The quantitative estimate of drug-likeness (QED) is 0.766. The summed E-state index contributed by atoms with van der Waals surface area (Å²) in [7, 11) is 2.12. The van der Waals surface area contributed by atoms with Crippen molar-refractivity contribution in [2.45, 2.75) is 31.6 Å². The highest BCUT2D eigenvalue weighted by Gasteiger charge is 2.39. The van der Waals surface area contributed by atoms with Crippen LogP contribution in [-0.4, -0.2) is 18.6 Å². The summed E-state index contributed by atoms with van der Waals surface area (Å²) in [5, 5.41) is 1.59. The maximum atomic E-state index is 6.06. The molecule has 0 amide bonds. The minimum Gasteiger partial charge on any atom is -0.351 e. The van der Waals surface area contributed by atoms with Crippen LogP contribution in [0.5, 0.6) is 0 Å². The van der Waals surface area contributed by atoms with Crippen LogP contribution < -0.4 is 4.90 Å². The lowest BCUT2D eigenvalue weighted by molar-refractivity contribution is 0.337. The molecule has 2 aliphatic rings. The molecule has 2 nitrogen and oxygen atoms in total. The summed E-state index contributed by atoms with van der Waals surface area (Å²) in [5.74, 6) is 3.28. The van der Waals surface area contributed by atoms with Crippen LogP contribution in [0, 0.1) is 17.8 Å². The minimum atomic E-state index is 0.457. The zero-order chi connectivity index (χ0) is 12.7. The van der Waals surface area contributed by atoms with Crippen molar-refractivity contribution in [1.82, 2.24) is 4.98 Å². The Kier molecular flexibility index (Phi) is 3.75. The standard InChI is InChI=1S/C13H18Cl2N2S/c1-17(13-16-12(15)11(6-14)18-13)7-10-5-8-2-3-9(10)4-8/h8-10H,2-7H2,1H3. The maximum Gasteiger partial charge on any atom is 0.186 e.